The highest BCUT2D eigenvalue weighted by Crippen LogP contribution is 2.42. The second-order valence-electron chi connectivity index (χ2n) is 7.98. The van der Waals surface area contributed by atoms with E-state index in [0.29, 0.717) is 23.4 Å². The van der Waals surface area contributed by atoms with Crippen LogP contribution in [0.25, 0.3) is 5.76 Å². The fraction of sp³-hybridized carbons (Fsp3) is 0.160. The van der Waals surface area contributed by atoms with Gasteiger partial charge in [0.15, 0.2) is 11.6 Å². The van der Waals surface area contributed by atoms with E-state index in [9.17, 15) is 23.5 Å². The average molecular weight is 448 g/mol. The molecule has 2 atom stereocenters. The van der Waals surface area contributed by atoms with Crippen LogP contribution in [-0.4, -0.2) is 27.9 Å². The molecule has 1 fully saturated rings. The number of rotatable bonds is 3. The molecule has 0 saturated carbocycles. The summed E-state index contributed by atoms with van der Waals surface area (Å²) in [4.78, 5) is 31.4. The molecule has 2 aromatic carbocycles. The Labute approximate surface area is 187 Å². The topological polar surface area (TPSA) is 79.7 Å². The summed E-state index contributed by atoms with van der Waals surface area (Å²) < 4.78 is 33.2. The Bertz CT molecular complexity index is 1320. The number of carbonyl (C=O) groups excluding carboxylic acids is 2. The van der Waals surface area contributed by atoms with Crippen LogP contribution < -0.4 is 9.64 Å². The highest BCUT2D eigenvalue weighted by Gasteiger charge is 2.47. The monoisotopic (exact) mass is 448 g/mol. The maximum Gasteiger partial charge on any atom is 0.300 e. The number of Topliss-reactive ketones (excluding diaryl/α,β-unsaturated/α-hetero) is 1. The number of halogens is 2. The van der Waals surface area contributed by atoms with Gasteiger partial charge in [-0.05, 0) is 55.0 Å². The zero-order chi connectivity index (χ0) is 23.3. The van der Waals surface area contributed by atoms with E-state index in [4.69, 9.17) is 4.74 Å². The van der Waals surface area contributed by atoms with E-state index >= 15 is 0 Å². The van der Waals surface area contributed by atoms with Crippen LogP contribution >= 0.6 is 0 Å². The van der Waals surface area contributed by atoms with Gasteiger partial charge in [0.05, 0.1) is 11.3 Å². The standard InChI is InChI=1S/C25H18F2N2O4/c1-13-10-15-11-14(5-8-20(15)33-13)23(30)21-22(19-4-2-3-9-28-19)29(25(32)24(21)31)16-6-7-17(26)18(27)12-16/h2-9,11-13,22,30H,10H2,1H3/b23-21-. The predicted molar refractivity (Wildman–Crippen MR) is 116 cm³/mol. The van der Waals surface area contributed by atoms with Crippen molar-refractivity contribution in [2.75, 3.05) is 4.90 Å². The van der Waals surface area contributed by atoms with Crippen molar-refractivity contribution in [3.8, 4) is 5.75 Å². The van der Waals surface area contributed by atoms with E-state index in [1.807, 2.05) is 6.92 Å². The number of anilines is 1. The van der Waals surface area contributed by atoms with Gasteiger partial charge in [0.25, 0.3) is 11.7 Å². The zero-order valence-corrected chi connectivity index (χ0v) is 17.5. The molecule has 166 valence electrons. The minimum atomic E-state index is -1.16. The van der Waals surface area contributed by atoms with Crippen molar-refractivity contribution in [2.24, 2.45) is 0 Å². The summed E-state index contributed by atoms with van der Waals surface area (Å²) >= 11 is 0. The molecule has 0 aliphatic carbocycles. The van der Waals surface area contributed by atoms with Crippen molar-refractivity contribution in [2.45, 2.75) is 25.5 Å². The number of aromatic nitrogens is 1. The van der Waals surface area contributed by atoms with Gasteiger partial charge in [-0.3, -0.25) is 19.5 Å². The molecule has 3 aromatic rings. The molecule has 0 spiro atoms. The zero-order valence-electron chi connectivity index (χ0n) is 17.5. The molecule has 3 heterocycles. The third kappa shape index (κ3) is 3.44. The lowest BCUT2D eigenvalue weighted by Crippen LogP contribution is -2.30. The van der Waals surface area contributed by atoms with E-state index in [-0.39, 0.29) is 23.1 Å². The van der Waals surface area contributed by atoms with Crippen molar-refractivity contribution in [3.63, 3.8) is 0 Å². The maximum atomic E-state index is 14.0. The lowest BCUT2D eigenvalue weighted by Gasteiger charge is -2.24. The summed E-state index contributed by atoms with van der Waals surface area (Å²) in [6, 6.07) is 11.7. The molecule has 1 N–H and O–H groups in total. The van der Waals surface area contributed by atoms with Crippen molar-refractivity contribution in [3.05, 3.63) is 94.8 Å². The van der Waals surface area contributed by atoms with E-state index in [2.05, 4.69) is 4.98 Å². The smallest absolute Gasteiger partial charge is 0.300 e. The number of ketones is 1. The molecule has 5 rings (SSSR count). The maximum absolute atomic E-state index is 14.0. The number of amides is 1. The Morgan fingerprint density at radius 2 is 1.91 bits per heavy atom. The van der Waals surface area contributed by atoms with Crippen molar-refractivity contribution >= 4 is 23.1 Å². The molecule has 1 amide bonds. The van der Waals surface area contributed by atoms with Crippen LogP contribution in [0.3, 0.4) is 0 Å². The molecule has 6 nitrogen and oxygen atoms in total. The summed E-state index contributed by atoms with van der Waals surface area (Å²) in [5, 5.41) is 11.2. The molecule has 33 heavy (non-hydrogen) atoms. The number of ether oxygens (including phenoxy) is 1. The van der Waals surface area contributed by atoms with Crippen LogP contribution in [0, 0.1) is 11.6 Å². The normalized spacial score (nSPS) is 21.2. The third-order valence-electron chi connectivity index (χ3n) is 5.76. The summed E-state index contributed by atoms with van der Waals surface area (Å²) in [6.07, 6.45) is 2.11. The predicted octanol–water partition coefficient (Wildman–Crippen LogP) is 4.31. The Morgan fingerprint density at radius 1 is 1.09 bits per heavy atom. The third-order valence-corrected chi connectivity index (χ3v) is 5.76. The number of hydrogen-bond donors (Lipinski definition) is 1. The van der Waals surface area contributed by atoms with Gasteiger partial charge in [0, 0.05) is 29.9 Å². The van der Waals surface area contributed by atoms with Gasteiger partial charge < -0.3 is 9.84 Å². The van der Waals surface area contributed by atoms with Gasteiger partial charge in [-0.2, -0.15) is 0 Å². The second kappa shape index (κ2) is 7.81. The minimum absolute atomic E-state index is 0.00938. The van der Waals surface area contributed by atoms with Gasteiger partial charge >= 0.3 is 0 Å². The SMILES string of the molecule is CC1Cc2cc(/C(O)=C3/C(=O)C(=O)N(c4ccc(F)c(F)c4)C3c3ccccn3)ccc2O1. The number of carbonyl (C=O) groups is 2. The summed E-state index contributed by atoms with van der Waals surface area (Å²) in [5.41, 5.74) is 1.30. The number of benzene rings is 2. The summed E-state index contributed by atoms with van der Waals surface area (Å²) in [6.45, 7) is 1.92. The number of hydrogen-bond acceptors (Lipinski definition) is 5. The van der Waals surface area contributed by atoms with Gasteiger partial charge in [0.2, 0.25) is 0 Å². The Balaban J connectivity index is 1.69. The quantitative estimate of drug-likeness (QED) is 0.367. The average Bonchev–Trinajstić information content (AvgIpc) is 3.31. The number of aliphatic hydroxyl groups excluding tert-OH is 1. The van der Waals surface area contributed by atoms with Crippen molar-refractivity contribution in [1.82, 2.24) is 4.98 Å². The van der Waals surface area contributed by atoms with Gasteiger partial charge in [0.1, 0.15) is 23.7 Å². The largest absolute Gasteiger partial charge is 0.507 e. The van der Waals surface area contributed by atoms with Crippen molar-refractivity contribution < 1.29 is 28.2 Å². The van der Waals surface area contributed by atoms with Gasteiger partial charge in [-0.25, -0.2) is 8.78 Å². The Kier molecular flexibility index (Phi) is 4.92. The molecule has 2 unspecified atom stereocenters. The number of pyridine rings is 1. The first-order chi connectivity index (χ1) is 15.8. The molecule has 2 aliphatic rings. The first kappa shape index (κ1) is 20.8. The number of aliphatic hydroxyl groups is 1. The van der Waals surface area contributed by atoms with Gasteiger partial charge in [-0.15, -0.1) is 0 Å². The van der Waals surface area contributed by atoms with Crippen LogP contribution in [-0.2, 0) is 16.0 Å². The summed E-state index contributed by atoms with van der Waals surface area (Å²) in [7, 11) is 0. The minimum Gasteiger partial charge on any atom is -0.507 e. The first-order valence-corrected chi connectivity index (χ1v) is 10.3. The van der Waals surface area contributed by atoms with Crippen LogP contribution in [0.4, 0.5) is 14.5 Å². The second-order valence-corrected chi connectivity index (χ2v) is 7.98. The highest BCUT2D eigenvalue weighted by atomic mass is 19.2. The Hall–Kier alpha value is -4.07. The number of nitrogens with zero attached hydrogens (tertiary/aromatic N) is 2. The molecule has 1 saturated heterocycles. The van der Waals surface area contributed by atoms with E-state index in [1.165, 1.54) is 12.3 Å². The van der Waals surface area contributed by atoms with E-state index in [0.717, 1.165) is 22.6 Å². The van der Waals surface area contributed by atoms with Gasteiger partial charge in [-0.1, -0.05) is 6.07 Å². The summed E-state index contributed by atoms with van der Waals surface area (Å²) in [5.74, 6) is -3.85. The van der Waals surface area contributed by atoms with Crippen LogP contribution in [0.1, 0.15) is 29.8 Å². The first-order valence-electron chi connectivity index (χ1n) is 10.3. The fourth-order valence-electron chi connectivity index (χ4n) is 4.28. The number of fused-ring (bicyclic) bond motifs is 1. The molecule has 0 bridgehead atoms. The molecule has 8 heteroatoms. The van der Waals surface area contributed by atoms with Crippen molar-refractivity contribution in [1.29, 1.82) is 0 Å². The van der Waals surface area contributed by atoms with Crippen LogP contribution in [0.15, 0.2) is 66.4 Å². The highest BCUT2D eigenvalue weighted by molar-refractivity contribution is 6.51. The van der Waals surface area contributed by atoms with Crippen LogP contribution in [0.2, 0.25) is 0 Å². The fourth-order valence-corrected chi connectivity index (χ4v) is 4.28. The van der Waals surface area contributed by atoms with Crippen LogP contribution in [0.5, 0.6) is 5.75 Å². The van der Waals surface area contributed by atoms with E-state index < -0.39 is 29.4 Å². The Morgan fingerprint density at radius 3 is 2.64 bits per heavy atom. The lowest BCUT2D eigenvalue weighted by molar-refractivity contribution is -0.132. The molecule has 0 radical (unpaired) electrons. The molecular formula is C25H18F2N2O4. The van der Waals surface area contributed by atoms with E-state index in [1.54, 1.807) is 36.4 Å². The molecule has 1 aromatic heterocycles. The molecular weight excluding hydrogens is 430 g/mol. The molecule has 2 aliphatic heterocycles. The lowest BCUT2D eigenvalue weighted by atomic mass is 9.96.